The number of alkyl halides is 3. The second-order valence-corrected chi connectivity index (χ2v) is 10.8. The Hall–Kier alpha value is -3.85. The number of nitrogens with one attached hydrogen (secondary N) is 2. The lowest BCUT2D eigenvalue weighted by molar-refractivity contribution is -0.274. The van der Waals surface area contributed by atoms with Crippen LogP contribution >= 0.6 is 12.4 Å². The number of hydrogen-bond acceptors (Lipinski definition) is 11. The van der Waals surface area contributed by atoms with Gasteiger partial charge < -0.3 is 39.8 Å². The van der Waals surface area contributed by atoms with Crippen molar-refractivity contribution in [1.82, 2.24) is 15.0 Å². The molecule has 0 aliphatic heterocycles. The fourth-order valence-corrected chi connectivity index (χ4v) is 5.42. The van der Waals surface area contributed by atoms with Gasteiger partial charge in [0.25, 0.3) is 0 Å². The number of aliphatic hydroxyl groups excluding tert-OH is 3. The summed E-state index contributed by atoms with van der Waals surface area (Å²) in [6, 6.07) is 8.00. The zero-order chi connectivity index (χ0) is 31.8. The summed E-state index contributed by atoms with van der Waals surface area (Å²) in [5, 5.41) is 38.0. The molecule has 3 aromatic heterocycles. The average molecular weight is 654 g/mol. The maximum atomic E-state index is 12.6. The molecule has 1 aliphatic carbocycles. The van der Waals surface area contributed by atoms with Crippen molar-refractivity contribution in [3.05, 3.63) is 53.3 Å². The number of halogens is 4. The molecule has 45 heavy (non-hydrogen) atoms. The van der Waals surface area contributed by atoms with Crippen LogP contribution in [0.1, 0.15) is 43.3 Å². The van der Waals surface area contributed by atoms with Crippen molar-refractivity contribution in [3.63, 3.8) is 0 Å². The Morgan fingerprint density at radius 1 is 1.04 bits per heavy atom. The van der Waals surface area contributed by atoms with E-state index in [9.17, 15) is 28.5 Å². The van der Waals surface area contributed by atoms with E-state index in [1.165, 1.54) is 24.3 Å². The number of nitrogens with zero attached hydrogens (tertiary/aromatic N) is 3. The summed E-state index contributed by atoms with van der Waals surface area (Å²) in [6.07, 6.45) is -6.79. The molecule has 0 amide bonds. The van der Waals surface area contributed by atoms with Gasteiger partial charge in [-0.2, -0.15) is 4.98 Å². The molecule has 0 radical (unpaired) electrons. The molecule has 0 spiro atoms. The molecular weight excluding hydrogens is 619 g/mol. The molecule has 1 fully saturated rings. The second-order valence-electron chi connectivity index (χ2n) is 10.8. The number of aryl methyl sites for hydroxylation is 2. The van der Waals surface area contributed by atoms with Crippen molar-refractivity contribution in [2.75, 3.05) is 23.8 Å². The fraction of sp³-hybridized carbons (Fsp3) is 0.433. The van der Waals surface area contributed by atoms with Gasteiger partial charge in [0.15, 0.2) is 5.58 Å². The number of rotatable bonds is 10. The number of aliphatic hydroxyl groups is 3. The van der Waals surface area contributed by atoms with Crippen LogP contribution in [0.4, 0.5) is 24.9 Å². The van der Waals surface area contributed by atoms with Crippen LogP contribution in [-0.2, 0) is 0 Å². The summed E-state index contributed by atoms with van der Waals surface area (Å²) in [4.78, 5) is 13.8. The largest absolute Gasteiger partial charge is 0.573 e. The minimum absolute atomic E-state index is 0. The smallest absolute Gasteiger partial charge is 0.478 e. The van der Waals surface area contributed by atoms with Crippen molar-refractivity contribution < 1.29 is 42.4 Å². The lowest BCUT2D eigenvalue weighted by Gasteiger charge is -2.22. The molecule has 3 heterocycles. The summed E-state index contributed by atoms with van der Waals surface area (Å²) >= 11 is 0. The summed E-state index contributed by atoms with van der Waals surface area (Å²) in [5.41, 5.74) is 2.88. The van der Waals surface area contributed by atoms with Crippen molar-refractivity contribution in [2.45, 2.75) is 64.8 Å². The zero-order valence-electron chi connectivity index (χ0n) is 24.9. The SMILES string of the molecule is CCOc1cc2cc(-c3c(C)nc(N[C@H](C)c4ccc(OC(F)(F)F)cc4)nc3N[C@@H]3C[C@H](CO)[C@@H](O)[C@H]3O)oc2c(C)n1.Cl. The zero-order valence-corrected chi connectivity index (χ0v) is 25.7. The Morgan fingerprint density at radius 2 is 1.76 bits per heavy atom. The van der Waals surface area contributed by atoms with Gasteiger partial charge in [0.2, 0.25) is 11.8 Å². The predicted molar refractivity (Wildman–Crippen MR) is 163 cm³/mol. The van der Waals surface area contributed by atoms with Crippen molar-refractivity contribution in [3.8, 4) is 23.0 Å². The van der Waals surface area contributed by atoms with E-state index in [4.69, 9.17) is 14.1 Å². The van der Waals surface area contributed by atoms with E-state index in [0.717, 1.165) is 5.39 Å². The Morgan fingerprint density at radius 3 is 2.38 bits per heavy atom. The number of ether oxygens (including phenoxy) is 2. The standard InChI is InChI=1S/C30H34F3N5O6.ClH/c1-5-42-23-12-18-11-22(43-27(18)16(4)34-23)24-15(3)36-29(38-28(24)37-21-10-19(13-39)25(40)26(21)41)35-14(2)17-6-8-20(9-7-17)44-30(31,32)33;/h6-9,11-12,14,19,21,25-26,39-41H,5,10,13H2,1-4H3,(H2,35,36,37,38);1H/t14-,19-,21-,25-,26+;/m1./s1. The molecule has 5 atom stereocenters. The first-order chi connectivity index (χ1) is 20.9. The first-order valence-electron chi connectivity index (χ1n) is 14.2. The molecule has 4 aromatic rings. The van der Waals surface area contributed by atoms with Gasteiger partial charge in [-0.25, -0.2) is 9.97 Å². The first-order valence-corrected chi connectivity index (χ1v) is 14.2. The third-order valence-electron chi connectivity index (χ3n) is 7.59. The molecule has 0 bridgehead atoms. The van der Waals surface area contributed by atoms with Gasteiger partial charge in [-0.1, -0.05) is 12.1 Å². The van der Waals surface area contributed by atoms with Crippen LogP contribution < -0.4 is 20.1 Å². The highest BCUT2D eigenvalue weighted by atomic mass is 35.5. The van der Waals surface area contributed by atoms with Gasteiger partial charge in [-0.3, -0.25) is 0 Å². The van der Waals surface area contributed by atoms with Crippen LogP contribution in [0.15, 0.2) is 40.8 Å². The Bertz CT molecular complexity index is 1620. The van der Waals surface area contributed by atoms with E-state index in [1.54, 1.807) is 19.9 Å². The summed E-state index contributed by atoms with van der Waals surface area (Å²) in [7, 11) is 0. The van der Waals surface area contributed by atoms with Gasteiger partial charge in [0.1, 0.15) is 23.4 Å². The second kappa shape index (κ2) is 13.6. The Kier molecular flexibility index (Phi) is 10.3. The highest BCUT2D eigenvalue weighted by Crippen LogP contribution is 2.38. The normalized spacial score (nSPS) is 20.5. The molecule has 11 nitrogen and oxygen atoms in total. The van der Waals surface area contributed by atoms with E-state index in [0.29, 0.717) is 52.2 Å². The van der Waals surface area contributed by atoms with E-state index in [-0.39, 0.29) is 37.1 Å². The highest BCUT2D eigenvalue weighted by Gasteiger charge is 2.41. The van der Waals surface area contributed by atoms with Gasteiger partial charge in [0.05, 0.1) is 41.7 Å². The monoisotopic (exact) mass is 653 g/mol. The van der Waals surface area contributed by atoms with Crippen molar-refractivity contribution in [2.24, 2.45) is 5.92 Å². The first kappa shape index (κ1) is 34.0. The van der Waals surface area contributed by atoms with Crippen LogP contribution in [0, 0.1) is 19.8 Å². The quantitative estimate of drug-likeness (QED) is 0.151. The summed E-state index contributed by atoms with van der Waals surface area (Å²) in [6.45, 7) is 7.40. The molecule has 0 unspecified atom stereocenters. The van der Waals surface area contributed by atoms with E-state index < -0.39 is 36.6 Å². The summed E-state index contributed by atoms with van der Waals surface area (Å²) in [5.74, 6) is 0.556. The predicted octanol–water partition coefficient (Wildman–Crippen LogP) is 5.31. The lowest BCUT2D eigenvalue weighted by Crippen LogP contribution is -2.35. The van der Waals surface area contributed by atoms with Crippen LogP contribution in [0.25, 0.3) is 22.3 Å². The minimum Gasteiger partial charge on any atom is -0.478 e. The molecule has 1 aliphatic rings. The van der Waals surface area contributed by atoms with E-state index in [1.807, 2.05) is 19.9 Å². The van der Waals surface area contributed by atoms with Crippen LogP contribution in [0.2, 0.25) is 0 Å². The maximum absolute atomic E-state index is 12.6. The lowest BCUT2D eigenvalue weighted by atomic mass is 10.1. The number of pyridine rings is 1. The van der Waals surface area contributed by atoms with Crippen molar-refractivity contribution in [1.29, 1.82) is 0 Å². The molecule has 0 saturated heterocycles. The topological polar surface area (TPSA) is 155 Å². The average Bonchev–Trinajstić information content (AvgIpc) is 3.49. The number of anilines is 2. The number of aromatic nitrogens is 3. The molecule has 5 N–H and O–H groups in total. The van der Waals surface area contributed by atoms with Gasteiger partial charge in [-0.05, 0) is 57.9 Å². The molecule has 1 aromatic carbocycles. The minimum atomic E-state index is -4.79. The van der Waals surface area contributed by atoms with Crippen LogP contribution in [0.3, 0.4) is 0 Å². The molecule has 15 heteroatoms. The molecule has 244 valence electrons. The highest BCUT2D eigenvalue weighted by molar-refractivity contribution is 5.88. The Labute approximate surface area is 263 Å². The van der Waals surface area contributed by atoms with Gasteiger partial charge in [-0.15, -0.1) is 25.6 Å². The summed E-state index contributed by atoms with van der Waals surface area (Å²) < 4.78 is 53.5. The number of fused-ring (bicyclic) bond motifs is 1. The van der Waals surface area contributed by atoms with Crippen molar-refractivity contribution >= 4 is 35.1 Å². The third-order valence-corrected chi connectivity index (χ3v) is 7.59. The van der Waals surface area contributed by atoms with E-state index >= 15 is 0 Å². The number of furan rings is 1. The maximum Gasteiger partial charge on any atom is 0.573 e. The van der Waals surface area contributed by atoms with E-state index in [2.05, 4.69) is 25.3 Å². The molecule has 5 rings (SSSR count). The Balaban J connectivity index is 0.00000461. The van der Waals surface area contributed by atoms with Gasteiger partial charge in [0, 0.05) is 24.0 Å². The fourth-order valence-electron chi connectivity index (χ4n) is 5.42. The van der Waals surface area contributed by atoms with Crippen LogP contribution in [0.5, 0.6) is 11.6 Å². The molecule has 1 saturated carbocycles. The van der Waals surface area contributed by atoms with Gasteiger partial charge >= 0.3 is 6.36 Å². The number of hydrogen-bond donors (Lipinski definition) is 5. The van der Waals surface area contributed by atoms with Crippen LogP contribution in [-0.4, -0.2) is 68.1 Å². The molecular formula is C30H35ClF3N5O6. The third kappa shape index (κ3) is 7.52. The number of benzene rings is 1.